The second-order valence-corrected chi connectivity index (χ2v) is 5.87. The largest absolute Gasteiger partial charge is 0.440 e. The van der Waals surface area contributed by atoms with Crippen molar-refractivity contribution in [2.75, 3.05) is 23.3 Å². The third-order valence-electron chi connectivity index (χ3n) is 3.67. The number of non-ortho nitro benzene ring substituents is 1. The Kier molecular flexibility index (Phi) is 7.07. The van der Waals surface area contributed by atoms with Crippen molar-refractivity contribution in [1.29, 1.82) is 0 Å². The van der Waals surface area contributed by atoms with E-state index in [1.165, 1.54) is 23.1 Å². The van der Waals surface area contributed by atoms with E-state index in [2.05, 4.69) is 25.0 Å². The van der Waals surface area contributed by atoms with Gasteiger partial charge in [-0.3, -0.25) is 10.1 Å². The Morgan fingerprint density at radius 3 is 2.29 bits per heavy atom. The number of benzene rings is 1. The molecule has 0 atom stereocenters. The molecule has 0 aliphatic rings. The van der Waals surface area contributed by atoms with E-state index >= 15 is 0 Å². The smallest absolute Gasteiger partial charge is 0.434 e. The highest BCUT2D eigenvalue weighted by molar-refractivity contribution is 5.61. The second kappa shape index (κ2) is 9.18. The summed E-state index contributed by atoms with van der Waals surface area (Å²) in [5, 5.41) is 13.6. The summed E-state index contributed by atoms with van der Waals surface area (Å²) in [7, 11) is 0. The van der Waals surface area contributed by atoms with E-state index in [4.69, 9.17) is 0 Å². The molecular weight excluding hydrogens is 438 g/mol. The van der Waals surface area contributed by atoms with Gasteiger partial charge in [-0.2, -0.15) is 41.3 Å². The van der Waals surface area contributed by atoms with Gasteiger partial charge >= 0.3 is 18.4 Å². The highest BCUT2D eigenvalue weighted by Gasteiger charge is 2.59. The van der Waals surface area contributed by atoms with Crippen LogP contribution in [0.25, 0.3) is 0 Å². The van der Waals surface area contributed by atoms with Crippen LogP contribution in [0.5, 0.6) is 6.01 Å². The molecule has 0 amide bonds. The monoisotopic (exact) mass is 454 g/mol. The Morgan fingerprint density at radius 1 is 1.13 bits per heavy atom. The third kappa shape index (κ3) is 6.05. The molecule has 0 unspecified atom stereocenters. The molecule has 9 nitrogen and oxygen atoms in total. The summed E-state index contributed by atoms with van der Waals surface area (Å²) in [4.78, 5) is 22.6. The van der Waals surface area contributed by atoms with Gasteiger partial charge in [-0.1, -0.05) is 6.07 Å². The predicted octanol–water partition coefficient (Wildman–Crippen LogP) is 4.24. The zero-order valence-electron chi connectivity index (χ0n) is 16.0. The molecule has 0 saturated heterocycles. The van der Waals surface area contributed by atoms with E-state index in [1.807, 2.05) is 0 Å². The minimum absolute atomic E-state index is 0.0676. The van der Waals surface area contributed by atoms with Gasteiger partial charge in [0.25, 0.3) is 11.8 Å². The van der Waals surface area contributed by atoms with Crippen LogP contribution in [0.4, 0.5) is 49.6 Å². The van der Waals surface area contributed by atoms with Crippen molar-refractivity contribution in [3.05, 3.63) is 34.4 Å². The normalized spacial score (nSPS) is 12.0. The lowest BCUT2D eigenvalue weighted by Crippen LogP contribution is -2.47. The lowest BCUT2D eigenvalue weighted by atomic mass is 10.2. The number of nitro groups is 1. The molecule has 1 aromatic heterocycles. The number of aromatic nitrogens is 3. The number of anilines is 3. The van der Waals surface area contributed by atoms with Crippen LogP contribution in [-0.2, 0) is 0 Å². The van der Waals surface area contributed by atoms with E-state index in [0.29, 0.717) is 0 Å². The van der Waals surface area contributed by atoms with Crippen molar-refractivity contribution >= 4 is 23.3 Å². The van der Waals surface area contributed by atoms with Crippen LogP contribution < -0.4 is 15.0 Å². The molecule has 0 bridgehead atoms. The zero-order chi connectivity index (χ0) is 23.4. The van der Waals surface area contributed by atoms with Crippen LogP contribution in [0.1, 0.15) is 13.8 Å². The van der Waals surface area contributed by atoms with Crippen LogP contribution in [0.15, 0.2) is 24.3 Å². The first kappa shape index (κ1) is 23.9. The van der Waals surface area contributed by atoms with Crippen molar-refractivity contribution in [3.8, 4) is 6.01 Å². The first-order valence-electron chi connectivity index (χ1n) is 8.68. The summed E-state index contributed by atoms with van der Waals surface area (Å²) in [5.74, 6) is -0.707. The number of nitrogens with one attached hydrogen (secondary N) is 1. The molecule has 0 saturated carbocycles. The summed E-state index contributed by atoms with van der Waals surface area (Å²) in [6.45, 7) is 3.42. The fourth-order valence-electron chi connectivity index (χ4n) is 2.40. The first-order chi connectivity index (χ1) is 14.4. The molecule has 2 aromatic rings. The Balaban J connectivity index is 2.53. The zero-order valence-corrected chi connectivity index (χ0v) is 16.0. The van der Waals surface area contributed by atoms with Crippen LogP contribution >= 0.6 is 0 Å². The van der Waals surface area contributed by atoms with E-state index in [1.54, 1.807) is 13.8 Å². The molecule has 31 heavy (non-hydrogen) atoms. The molecule has 2 rings (SSSR count). The molecule has 0 spiro atoms. The Labute approximate surface area is 171 Å². The van der Waals surface area contributed by atoms with Gasteiger partial charge in [0.05, 0.1) is 10.6 Å². The molecule has 0 aliphatic carbocycles. The lowest BCUT2D eigenvalue weighted by molar-refractivity contribution is -0.384. The SMILES string of the molecule is CCNc1nc(OC(C(F)(F)F)C(F)(F)F)nc(N(CC)c2cccc([N+](=O)[O-])c2)n1. The summed E-state index contributed by atoms with van der Waals surface area (Å²) >= 11 is 0. The van der Waals surface area contributed by atoms with E-state index in [9.17, 15) is 36.5 Å². The molecule has 170 valence electrons. The fraction of sp³-hybridized carbons (Fsp3) is 0.438. The minimum Gasteiger partial charge on any atom is -0.440 e. The van der Waals surface area contributed by atoms with Gasteiger partial charge in [-0.05, 0) is 19.9 Å². The molecule has 0 radical (unpaired) electrons. The number of hydrogen-bond donors (Lipinski definition) is 1. The fourth-order valence-corrected chi connectivity index (χ4v) is 2.40. The van der Waals surface area contributed by atoms with Crippen LogP contribution in [0, 0.1) is 10.1 Å². The second-order valence-electron chi connectivity index (χ2n) is 5.87. The molecule has 15 heteroatoms. The van der Waals surface area contributed by atoms with E-state index in [-0.39, 0.29) is 36.4 Å². The topological polar surface area (TPSA) is 106 Å². The number of nitro benzene ring substituents is 1. The Bertz CT molecular complexity index is 909. The van der Waals surface area contributed by atoms with Gasteiger partial charge in [0.15, 0.2) is 0 Å². The van der Waals surface area contributed by atoms with E-state index < -0.39 is 29.4 Å². The van der Waals surface area contributed by atoms with Gasteiger partial charge in [-0.15, -0.1) is 0 Å². The minimum atomic E-state index is -5.77. The number of rotatable bonds is 8. The van der Waals surface area contributed by atoms with Crippen molar-refractivity contribution in [3.63, 3.8) is 0 Å². The number of ether oxygens (including phenoxy) is 1. The van der Waals surface area contributed by atoms with Crippen molar-refractivity contribution < 1.29 is 36.0 Å². The summed E-state index contributed by atoms with van der Waals surface area (Å²) < 4.78 is 81.2. The van der Waals surface area contributed by atoms with E-state index in [0.717, 1.165) is 6.07 Å². The van der Waals surface area contributed by atoms with Crippen molar-refractivity contribution in [2.24, 2.45) is 0 Å². The van der Waals surface area contributed by atoms with Gasteiger partial charge in [0, 0.05) is 25.2 Å². The molecule has 1 heterocycles. The molecule has 0 fully saturated rings. The van der Waals surface area contributed by atoms with Gasteiger partial charge in [0.1, 0.15) is 0 Å². The highest BCUT2D eigenvalue weighted by atomic mass is 19.4. The third-order valence-corrected chi connectivity index (χ3v) is 3.67. The average molecular weight is 454 g/mol. The number of hydrogen-bond acceptors (Lipinski definition) is 8. The lowest BCUT2D eigenvalue weighted by Gasteiger charge is -2.24. The first-order valence-corrected chi connectivity index (χ1v) is 8.68. The maximum absolute atomic E-state index is 12.9. The molecular formula is C16H16F6N6O3. The quantitative estimate of drug-likeness (QED) is 0.359. The summed E-state index contributed by atoms with van der Waals surface area (Å²) in [5.41, 5.74) is -0.109. The maximum atomic E-state index is 12.9. The standard InChI is InChI=1S/C16H16F6N6O3/c1-3-23-12-24-13(27(4-2)9-6-5-7-10(8-9)28(29)30)26-14(25-12)31-11(15(17,18)19)16(20,21)22/h5-8,11H,3-4H2,1-2H3,(H,23,24,25,26). The van der Waals surface area contributed by atoms with Crippen LogP contribution in [-0.4, -0.2) is 51.4 Å². The van der Waals surface area contributed by atoms with Gasteiger partial charge < -0.3 is 15.0 Å². The average Bonchev–Trinajstić information content (AvgIpc) is 2.65. The van der Waals surface area contributed by atoms with Crippen LogP contribution in [0.3, 0.4) is 0 Å². The highest BCUT2D eigenvalue weighted by Crippen LogP contribution is 2.36. The maximum Gasteiger partial charge on any atom is 0.434 e. The predicted molar refractivity (Wildman–Crippen MR) is 96.3 cm³/mol. The Morgan fingerprint density at radius 2 is 1.77 bits per heavy atom. The Hall–Kier alpha value is -3.39. The van der Waals surface area contributed by atoms with Gasteiger partial charge in [-0.25, -0.2) is 0 Å². The van der Waals surface area contributed by atoms with Crippen molar-refractivity contribution in [2.45, 2.75) is 32.3 Å². The van der Waals surface area contributed by atoms with Crippen molar-refractivity contribution in [1.82, 2.24) is 15.0 Å². The summed E-state index contributed by atoms with van der Waals surface area (Å²) in [6, 6.07) is 3.92. The van der Waals surface area contributed by atoms with Gasteiger partial charge in [0.2, 0.25) is 11.9 Å². The number of halogens is 6. The van der Waals surface area contributed by atoms with Crippen LogP contribution in [0.2, 0.25) is 0 Å². The molecule has 1 aromatic carbocycles. The molecule has 0 aliphatic heterocycles. The summed E-state index contributed by atoms with van der Waals surface area (Å²) in [6.07, 6.45) is -15.7. The molecule has 1 N–H and O–H groups in total. The number of alkyl halides is 6. The number of nitrogens with zero attached hydrogens (tertiary/aromatic N) is 5.